The van der Waals surface area contributed by atoms with E-state index in [0.29, 0.717) is 0 Å². The fourth-order valence-corrected chi connectivity index (χ4v) is 3.39. The van der Waals surface area contributed by atoms with Crippen molar-refractivity contribution in [1.29, 1.82) is 0 Å². The summed E-state index contributed by atoms with van der Waals surface area (Å²) >= 11 is 1.75. The molecule has 0 aliphatic carbocycles. The van der Waals surface area contributed by atoms with E-state index in [4.69, 9.17) is 0 Å². The number of aromatic nitrogens is 1. The Hall–Kier alpha value is -1.15. The summed E-state index contributed by atoms with van der Waals surface area (Å²) in [7, 11) is 3.91. The lowest BCUT2D eigenvalue weighted by Crippen LogP contribution is -2.39. The van der Waals surface area contributed by atoms with Gasteiger partial charge in [-0.3, -0.25) is 4.99 Å². The second-order valence-electron chi connectivity index (χ2n) is 5.99. The van der Waals surface area contributed by atoms with Crippen LogP contribution in [0.2, 0.25) is 0 Å². The molecule has 25 heavy (non-hydrogen) atoms. The number of hydrogen-bond acceptors (Lipinski definition) is 3. The molecule has 6 heteroatoms. The zero-order chi connectivity index (χ0) is 17.4. The van der Waals surface area contributed by atoms with Gasteiger partial charge in [-0.15, -0.1) is 35.3 Å². The maximum Gasteiger partial charge on any atom is 0.193 e. The topological polar surface area (TPSA) is 40.5 Å². The number of halogens is 1. The number of hydrogen-bond donors (Lipinski definition) is 1. The van der Waals surface area contributed by atoms with Crippen molar-refractivity contribution in [1.82, 2.24) is 15.2 Å². The smallest absolute Gasteiger partial charge is 0.193 e. The van der Waals surface area contributed by atoms with Crippen molar-refractivity contribution in [3.05, 3.63) is 51.5 Å². The Balaban J connectivity index is 0.00000312. The Bertz CT molecular complexity index is 652. The number of nitrogens with one attached hydrogen (secondary N) is 1. The van der Waals surface area contributed by atoms with Crippen LogP contribution < -0.4 is 5.32 Å². The van der Waals surface area contributed by atoms with Crippen molar-refractivity contribution in [3.63, 3.8) is 0 Å². The van der Waals surface area contributed by atoms with Gasteiger partial charge >= 0.3 is 0 Å². The first-order valence-electron chi connectivity index (χ1n) is 8.53. The fraction of sp³-hybridized carbons (Fsp3) is 0.474. The summed E-state index contributed by atoms with van der Waals surface area (Å²) in [5, 5.41) is 6.77. The molecular formula is C19H29IN4S. The lowest BCUT2D eigenvalue weighted by atomic mass is 10.1. The molecule has 1 aromatic heterocycles. The number of guanidine groups is 1. The fourth-order valence-electron chi connectivity index (χ4n) is 2.57. The first-order chi connectivity index (χ1) is 11.6. The maximum atomic E-state index is 4.50. The third-order valence-corrected chi connectivity index (χ3v) is 4.97. The first-order valence-corrected chi connectivity index (χ1v) is 9.41. The minimum absolute atomic E-state index is 0. The van der Waals surface area contributed by atoms with Gasteiger partial charge in [0, 0.05) is 44.7 Å². The number of thiazole rings is 1. The van der Waals surface area contributed by atoms with Crippen molar-refractivity contribution in [2.75, 3.05) is 20.6 Å². The Morgan fingerprint density at radius 2 is 1.92 bits per heavy atom. The largest absolute Gasteiger partial charge is 0.356 e. The van der Waals surface area contributed by atoms with Crippen LogP contribution in [0.25, 0.3) is 0 Å². The molecule has 0 saturated carbocycles. The Morgan fingerprint density at radius 1 is 1.24 bits per heavy atom. The molecule has 0 aliphatic rings. The molecule has 2 aromatic rings. The van der Waals surface area contributed by atoms with Gasteiger partial charge in [-0.1, -0.05) is 31.2 Å². The van der Waals surface area contributed by atoms with Crippen molar-refractivity contribution in [2.45, 2.75) is 39.7 Å². The monoisotopic (exact) mass is 472 g/mol. The molecule has 4 nitrogen and oxygen atoms in total. The highest BCUT2D eigenvalue weighted by Crippen LogP contribution is 2.10. The van der Waals surface area contributed by atoms with Gasteiger partial charge in [-0.25, -0.2) is 4.98 Å². The zero-order valence-corrected chi connectivity index (χ0v) is 18.7. The molecule has 1 aromatic carbocycles. The number of aliphatic imine (C=N–C) groups is 1. The first kappa shape index (κ1) is 21.9. The standard InChI is InChI=1S/C19H28N4S.HI/c1-5-16-8-10-17(11-9-16)13-23(4)19(20-3)21-12-6-7-18-22-15(2)14-24-18;/h8-11,14H,5-7,12-13H2,1-4H3,(H,20,21);1H. The predicted molar refractivity (Wildman–Crippen MR) is 119 cm³/mol. The number of aryl methyl sites for hydroxylation is 3. The Morgan fingerprint density at radius 3 is 2.48 bits per heavy atom. The van der Waals surface area contributed by atoms with E-state index in [1.54, 1.807) is 11.3 Å². The van der Waals surface area contributed by atoms with E-state index in [0.717, 1.165) is 44.0 Å². The van der Waals surface area contributed by atoms with Gasteiger partial charge in [0.15, 0.2) is 5.96 Å². The van der Waals surface area contributed by atoms with Crippen molar-refractivity contribution in [2.24, 2.45) is 4.99 Å². The molecule has 0 unspecified atom stereocenters. The van der Waals surface area contributed by atoms with Gasteiger partial charge in [-0.2, -0.15) is 0 Å². The average Bonchev–Trinajstić information content (AvgIpc) is 3.01. The zero-order valence-electron chi connectivity index (χ0n) is 15.6. The van der Waals surface area contributed by atoms with E-state index < -0.39 is 0 Å². The van der Waals surface area contributed by atoms with Gasteiger partial charge in [0.05, 0.1) is 5.01 Å². The number of nitrogens with zero attached hydrogens (tertiary/aromatic N) is 3. The van der Waals surface area contributed by atoms with Crippen LogP contribution in [0, 0.1) is 6.92 Å². The molecular weight excluding hydrogens is 443 g/mol. The van der Waals surface area contributed by atoms with E-state index in [-0.39, 0.29) is 24.0 Å². The van der Waals surface area contributed by atoms with E-state index >= 15 is 0 Å². The van der Waals surface area contributed by atoms with Crippen LogP contribution in [0.5, 0.6) is 0 Å². The summed E-state index contributed by atoms with van der Waals surface area (Å²) in [6.45, 7) is 5.99. The lowest BCUT2D eigenvalue weighted by molar-refractivity contribution is 0.475. The van der Waals surface area contributed by atoms with Crippen LogP contribution in [0.1, 0.15) is 35.2 Å². The number of benzene rings is 1. The average molecular weight is 472 g/mol. The molecule has 0 bridgehead atoms. The molecule has 0 fully saturated rings. The van der Waals surface area contributed by atoms with Gasteiger partial charge in [0.2, 0.25) is 0 Å². The van der Waals surface area contributed by atoms with Crippen LogP contribution in [0.3, 0.4) is 0 Å². The van der Waals surface area contributed by atoms with Crippen molar-refractivity contribution < 1.29 is 0 Å². The van der Waals surface area contributed by atoms with Gasteiger partial charge in [0.25, 0.3) is 0 Å². The predicted octanol–water partition coefficient (Wildman–Crippen LogP) is 4.27. The summed E-state index contributed by atoms with van der Waals surface area (Å²) in [5.41, 5.74) is 3.80. The molecule has 0 spiro atoms. The minimum atomic E-state index is 0. The summed E-state index contributed by atoms with van der Waals surface area (Å²) in [4.78, 5) is 11.0. The molecule has 1 heterocycles. The lowest BCUT2D eigenvalue weighted by Gasteiger charge is -2.22. The molecule has 0 atom stereocenters. The SMILES string of the molecule is CCc1ccc(CN(C)C(=NC)NCCCc2nc(C)cs2)cc1.I. The van der Waals surface area contributed by atoms with Gasteiger partial charge < -0.3 is 10.2 Å². The van der Waals surface area contributed by atoms with Crippen LogP contribution in [0.15, 0.2) is 34.6 Å². The van der Waals surface area contributed by atoms with E-state index in [1.165, 1.54) is 16.1 Å². The minimum Gasteiger partial charge on any atom is -0.356 e. The third-order valence-electron chi connectivity index (χ3n) is 3.94. The maximum absolute atomic E-state index is 4.50. The molecule has 0 saturated heterocycles. The van der Waals surface area contributed by atoms with Gasteiger partial charge in [-0.05, 0) is 30.9 Å². The van der Waals surface area contributed by atoms with Crippen LogP contribution in [-0.2, 0) is 19.4 Å². The van der Waals surface area contributed by atoms with Crippen molar-refractivity contribution >= 4 is 41.3 Å². The van der Waals surface area contributed by atoms with E-state index in [2.05, 4.69) is 63.8 Å². The summed E-state index contributed by atoms with van der Waals surface area (Å²) in [5.74, 6) is 0.935. The van der Waals surface area contributed by atoms with E-state index in [9.17, 15) is 0 Å². The summed E-state index contributed by atoms with van der Waals surface area (Å²) < 4.78 is 0. The number of rotatable bonds is 7. The Labute approximate surface area is 172 Å². The van der Waals surface area contributed by atoms with Crippen LogP contribution >= 0.6 is 35.3 Å². The van der Waals surface area contributed by atoms with E-state index in [1.807, 2.05) is 14.0 Å². The second-order valence-corrected chi connectivity index (χ2v) is 6.93. The molecule has 1 N–H and O–H groups in total. The van der Waals surface area contributed by atoms with Crippen molar-refractivity contribution in [3.8, 4) is 0 Å². The Kier molecular flexibility index (Phi) is 10.0. The van der Waals surface area contributed by atoms with Crippen LogP contribution in [0.4, 0.5) is 0 Å². The highest BCUT2D eigenvalue weighted by Gasteiger charge is 2.06. The molecule has 2 rings (SSSR count). The highest BCUT2D eigenvalue weighted by atomic mass is 127. The quantitative estimate of drug-likeness (QED) is 0.283. The highest BCUT2D eigenvalue weighted by molar-refractivity contribution is 14.0. The molecule has 0 radical (unpaired) electrons. The molecule has 0 aliphatic heterocycles. The van der Waals surface area contributed by atoms with Crippen LogP contribution in [-0.4, -0.2) is 36.5 Å². The summed E-state index contributed by atoms with van der Waals surface area (Å²) in [6.07, 6.45) is 3.16. The summed E-state index contributed by atoms with van der Waals surface area (Å²) in [6, 6.07) is 8.81. The molecule has 0 amide bonds. The van der Waals surface area contributed by atoms with Gasteiger partial charge in [0.1, 0.15) is 0 Å². The third kappa shape index (κ3) is 7.32. The second kappa shape index (κ2) is 11.5. The molecule has 138 valence electrons. The normalized spacial score (nSPS) is 11.1.